The predicted octanol–water partition coefficient (Wildman–Crippen LogP) is 2.73. The largest absolute Gasteiger partial charge is 0.374 e. The van der Waals surface area contributed by atoms with Crippen LogP contribution in [0.4, 0.5) is 5.69 Å². The van der Waals surface area contributed by atoms with Gasteiger partial charge in [-0.15, -0.1) is 6.42 Å². The van der Waals surface area contributed by atoms with Crippen molar-refractivity contribution < 1.29 is 4.79 Å². The Balaban J connectivity index is 1.98. The molecule has 2 atom stereocenters. The number of hydrogen-bond donors (Lipinski definition) is 1. The van der Waals surface area contributed by atoms with E-state index in [0.717, 1.165) is 30.8 Å². The fourth-order valence-electron chi connectivity index (χ4n) is 2.67. The van der Waals surface area contributed by atoms with E-state index in [4.69, 9.17) is 6.42 Å². The molecule has 0 saturated carbocycles. The highest BCUT2D eigenvalue weighted by atomic mass is 16.2. The number of hydrogen-bond acceptors (Lipinski definition) is 2. The molecule has 0 radical (unpaired) electrons. The summed E-state index contributed by atoms with van der Waals surface area (Å²) in [7, 11) is 0. The molecule has 3 nitrogen and oxygen atoms in total. The van der Waals surface area contributed by atoms with E-state index in [1.165, 1.54) is 6.42 Å². The van der Waals surface area contributed by atoms with Crippen molar-refractivity contribution in [3.8, 4) is 12.3 Å². The maximum atomic E-state index is 12.4. The van der Waals surface area contributed by atoms with Crippen LogP contribution in [0.15, 0.2) is 24.3 Å². The number of anilines is 1. The number of carbonyl (C=O) groups is 1. The molecule has 0 bridgehead atoms. The van der Waals surface area contributed by atoms with Crippen molar-refractivity contribution in [1.29, 1.82) is 0 Å². The number of amides is 1. The molecule has 1 aliphatic heterocycles. The zero-order chi connectivity index (χ0) is 14.5. The molecule has 3 heteroatoms. The van der Waals surface area contributed by atoms with Crippen molar-refractivity contribution in [3.05, 3.63) is 29.8 Å². The predicted molar refractivity (Wildman–Crippen MR) is 82.4 cm³/mol. The first-order chi connectivity index (χ1) is 9.60. The van der Waals surface area contributed by atoms with Crippen LogP contribution in [0, 0.1) is 18.3 Å². The molecule has 1 amide bonds. The molecule has 1 fully saturated rings. The second-order valence-corrected chi connectivity index (χ2v) is 5.62. The highest BCUT2D eigenvalue weighted by molar-refractivity contribution is 5.84. The molecule has 1 N–H and O–H groups in total. The molecule has 1 saturated heterocycles. The van der Waals surface area contributed by atoms with E-state index >= 15 is 0 Å². The molecule has 0 aromatic heterocycles. The molecule has 0 spiro atoms. The summed E-state index contributed by atoms with van der Waals surface area (Å²) in [6.45, 7) is 5.85. The lowest BCUT2D eigenvalue weighted by Crippen LogP contribution is -2.45. The van der Waals surface area contributed by atoms with Gasteiger partial charge in [-0.1, -0.05) is 18.9 Å². The lowest BCUT2D eigenvalue weighted by Gasteiger charge is -2.33. The SMILES string of the molecule is C#Cc1cccc(NC(C)C(=O)N2CCCC(C)C2)c1. The summed E-state index contributed by atoms with van der Waals surface area (Å²) in [6.07, 6.45) is 7.71. The van der Waals surface area contributed by atoms with Gasteiger partial charge >= 0.3 is 0 Å². The van der Waals surface area contributed by atoms with Crippen LogP contribution in [-0.4, -0.2) is 29.9 Å². The summed E-state index contributed by atoms with van der Waals surface area (Å²) >= 11 is 0. The van der Waals surface area contributed by atoms with Crippen molar-refractivity contribution >= 4 is 11.6 Å². The summed E-state index contributed by atoms with van der Waals surface area (Å²) in [5.74, 6) is 3.37. The van der Waals surface area contributed by atoms with Crippen molar-refractivity contribution in [2.45, 2.75) is 32.7 Å². The first-order valence-corrected chi connectivity index (χ1v) is 7.22. The molecule has 1 heterocycles. The van der Waals surface area contributed by atoms with Gasteiger partial charge in [0.15, 0.2) is 0 Å². The number of nitrogens with one attached hydrogen (secondary N) is 1. The van der Waals surface area contributed by atoms with Crippen LogP contribution in [0.3, 0.4) is 0 Å². The van der Waals surface area contributed by atoms with E-state index in [1.54, 1.807) is 0 Å². The Morgan fingerprint density at radius 1 is 1.55 bits per heavy atom. The smallest absolute Gasteiger partial charge is 0.244 e. The molecule has 2 unspecified atom stereocenters. The van der Waals surface area contributed by atoms with Gasteiger partial charge < -0.3 is 10.2 Å². The Morgan fingerprint density at radius 3 is 3.05 bits per heavy atom. The van der Waals surface area contributed by atoms with E-state index in [2.05, 4.69) is 18.2 Å². The number of rotatable bonds is 3. The summed E-state index contributed by atoms with van der Waals surface area (Å²) in [5, 5.41) is 3.24. The molecule has 1 aliphatic rings. The van der Waals surface area contributed by atoms with Crippen LogP contribution in [0.25, 0.3) is 0 Å². The highest BCUT2D eigenvalue weighted by Gasteiger charge is 2.24. The number of piperidine rings is 1. The average Bonchev–Trinajstić information content (AvgIpc) is 2.46. The highest BCUT2D eigenvalue weighted by Crippen LogP contribution is 2.17. The minimum atomic E-state index is -0.228. The maximum absolute atomic E-state index is 12.4. The summed E-state index contributed by atoms with van der Waals surface area (Å²) in [4.78, 5) is 14.4. The Bertz CT molecular complexity index is 518. The van der Waals surface area contributed by atoms with E-state index in [9.17, 15) is 4.79 Å². The minimum Gasteiger partial charge on any atom is -0.374 e. The monoisotopic (exact) mass is 270 g/mol. The number of terminal acetylenes is 1. The zero-order valence-electron chi connectivity index (χ0n) is 12.2. The van der Waals surface area contributed by atoms with Gasteiger partial charge in [-0.05, 0) is 43.9 Å². The van der Waals surface area contributed by atoms with Gasteiger partial charge in [0.25, 0.3) is 0 Å². The van der Waals surface area contributed by atoms with E-state index in [-0.39, 0.29) is 11.9 Å². The lowest BCUT2D eigenvalue weighted by molar-refractivity contribution is -0.133. The summed E-state index contributed by atoms with van der Waals surface area (Å²) < 4.78 is 0. The summed E-state index contributed by atoms with van der Waals surface area (Å²) in [6, 6.07) is 7.38. The fraction of sp³-hybridized carbons (Fsp3) is 0.471. The quantitative estimate of drug-likeness (QED) is 0.857. The first-order valence-electron chi connectivity index (χ1n) is 7.22. The van der Waals surface area contributed by atoms with Gasteiger partial charge in [-0.3, -0.25) is 4.79 Å². The summed E-state index contributed by atoms with van der Waals surface area (Å²) in [5.41, 5.74) is 1.72. The van der Waals surface area contributed by atoms with E-state index in [1.807, 2.05) is 36.1 Å². The van der Waals surface area contributed by atoms with Crippen molar-refractivity contribution in [2.75, 3.05) is 18.4 Å². The van der Waals surface area contributed by atoms with Gasteiger partial charge in [-0.2, -0.15) is 0 Å². The fourth-order valence-corrected chi connectivity index (χ4v) is 2.67. The molecule has 1 aromatic carbocycles. The molecule has 20 heavy (non-hydrogen) atoms. The maximum Gasteiger partial charge on any atom is 0.244 e. The molecule has 106 valence electrons. The van der Waals surface area contributed by atoms with Gasteiger partial charge in [0.2, 0.25) is 5.91 Å². The lowest BCUT2D eigenvalue weighted by atomic mass is 10.00. The molecular weight excluding hydrogens is 248 g/mol. The van der Waals surface area contributed by atoms with Gasteiger partial charge in [-0.25, -0.2) is 0 Å². The van der Waals surface area contributed by atoms with Gasteiger partial charge in [0, 0.05) is 24.3 Å². The Labute approximate surface area is 121 Å². The third kappa shape index (κ3) is 3.54. The van der Waals surface area contributed by atoms with Gasteiger partial charge in [0.05, 0.1) is 0 Å². The number of benzene rings is 1. The normalized spacial score (nSPS) is 20.1. The van der Waals surface area contributed by atoms with Crippen molar-refractivity contribution in [3.63, 3.8) is 0 Å². The molecular formula is C17H22N2O. The molecule has 1 aromatic rings. The van der Waals surface area contributed by atoms with Crippen LogP contribution in [0.2, 0.25) is 0 Å². The van der Waals surface area contributed by atoms with Crippen molar-refractivity contribution in [2.24, 2.45) is 5.92 Å². The second-order valence-electron chi connectivity index (χ2n) is 5.62. The Morgan fingerprint density at radius 2 is 2.35 bits per heavy atom. The van der Waals surface area contributed by atoms with E-state index < -0.39 is 0 Å². The number of likely N-dealkylation sites (tertiary alicyclic amines) is 1. The Hall–Kier alpha value is -1.95. The third-order valence-electron chi connectivity index (χ3n) is 3.75. The van der Waals surface area contributed by atoms with Crippen LogP contribution in [-0.2, 0) is 4.79 Å². The van der Waals surface area contributed by atoms with Crippen LogP contribution < -0.4 is 5.32 Å². The van der Waals surface area contributed by atoms with Crippen LogP contribution >= 0.6 is 0 Å². The Kier molecular flexibility index (Phi) is 4.68. The number of carbonyl (C=O) groups excluding carboxylic acids is 1. The minimum absolute atomic E-state index is 0.169. The second kappa shape index (κ2) is 6.47. The zero-order valence-corrected chi connectivity index (χ0v) is 12.2. The standard InChI is InChI=1S/C17H22N2O/c1-4-15-8-5-9-16(11-15)18-14(3)17(20)19-10-6-7-13(2)12-19/h1,5,8-9,11,13-14,18H,6-7,10,12H2,2-3H3. The molecule has 2 rings (SSSR count). The average molecular weight is 270 g/mol. The molecule has 0 aliphatic carbocycles. The third-order valence-corrected chi connectivity index (χ3v) is 3.75. The van der Waals surface area contributed by atoms with Crippen molar-refractivity contribution in [1.82, 2.24) is 4.90 Å². The van der Waals surface area contributed by atoms with E-state index in [0.29, 0.717) is 5.92 Å². The first kappa shape index (κ1) is 14.5. The van der Waals surface area contributed by atoms with Crippen LogP contribution in [0.1, 0.15) is 32.3 Å². The van der Waals surface area contributed by atoms with Crippen LogP contribution in [0.5, 0.6) is 0 Å². The van der Waals surface area contributed by atoms with Gasteiger partial charge in [0.1, 0.15) is 6.04 Å². The number of nitrogens with zero attached hydrogens (tertiary/aromatic N) is 1. The topological polar surface area (TPSA) is 32.3 Å².